The van der Waals surface area contributed by atoms with Gasteiger partial charge in [-0.1, -0.05) is 6.07 Å². The number of nitrogens with zero attached hydrogens (tertiary/aromatic N) is 2. The summed E-state index contributed by atoms with van der Waals surface area (Å²) in [6, 6.07) is 8.38. The Kier molecular flexibility index (Phi) is 3.55. The molecule has 0 aliphatic heterocycles. The first-order valence-corrected chi connectivity index (χ1v) is 7.24. The van der Waals surface area contributed by atoms with Crippen molar-refractivity contribution in [2.45, 2.75) is 33.4 Å². The van der Waals surface area contributed by atoms with E-state index >= 15 is 0 Å². The molecule has 0 aliphatic rings. The van der Waals surface area contributed by atoms with Crippen molar-refractivity contribution in [3.05, 3.63) is 53.2 Å². The Morgan fingerprint density at radius 1 is 1.29 bits per heavy atom. The summed E-state index contributed by atoms with van der Waals surface area (Å²) in [7, 11) is 2.08. The zero-order chi connectivity index (χ0) is 15.0. The van der Waals surface area contributed by atoms with E-state index in [4.69, 9.17) is 9.40 Å². The Morgan fingerprint density at radius 2 is 2.10 bits per heavy atom. The third kappa shape index (κ3) is 2.59. The predicted molar refractivity (Wildman–Crippen MR) is 84.2 cm³/mol. The lowest BCUT2D eigenvalue weighted by atomic mass is 10.1. The maximum Gasteiger partial charge on any atom is 0.121 e. The second kappa shape index (κ2) is 5.37. The predicted octanol–water partition coefficient (Wildman–Crippen LogP) is 3.97. The van der Waals surface area contributed by atoms with Crippen LogP contribution in [0.3, 0.4) is 0 Å². The third-order valence-corrected chi connectivity index (χ3v) is 4.24. The molecule has 0 radical (unpaired) electrons. The Balaban J connectivity index is 1.83. The van der Waals surface area contributed by atoms with Crippen LogP contribution in [0.2, 0.25) is 0 Å². The van der Waals surface area contributed by atoms with Gasteiger partial charge in [-0.15, -0.1) is 0 Å². The van der Waals surface area contributed by atoms with Crippen molar-refractivity contribution < 1.29 is 4.42 Å². The molecular formula is C17H21N3O. The number of aryl methyl sites for hydroxylation is 2. The Bertz CT molecular complexity index is 743. The first-order chi connectivity index (χ1) is 10.1. The molecule has 1 aromatic carbocycles. The van der Waals surface area contributed by atoms with Gasteiger partial charge in [0.25, 0.3) is 0 Å². The highest BCUT2D eigenvalue weighted by Gasteiger charge is 2.16. The van der Waals surface area contributed by atoms with Gasteiger partial charge in [0.15, 0.2) is 0 Å². The monoisotopic (exact) mass is 283 g/mol. The fourth-order valence-electron chi connectivity index (χ4n) is 2.56. The average Bonchev–Trinajstić information content (AvgIpc) is 3.11. The lowest BCUT2D eigenvalue weighted by Gasteiger charge is -2.21. The molecule has 0 spiro atoms. The molecule has 0 unspecified atom stereocenters. The molecule has 0 bridgehead atoms. The summed E-state index contributed by atoms with van der Waals surface area (Å²) in [4.78, 5) is 10.4. The van der Waals surface area contributed by atoms with E-state index in [9.17, 15) is 0 Å². The molecule has 2 heterocycles. The number of nitrogens with one attached hydrogen (secondary N) is 1. The largest absolute Gasteiger partial charge is 0.468 e. The van der Waals surface area contributed by atoms with Crippen LogP contribution in [0.5, 0.6) is 0 Å². The molecule has 110 valence electrons. The lowest BCUT2D eigenvalue weighted by molar-refractivity contribution is 0.219. The molecule has 21 heavy (non-hydrogen) atoms. The lowest BCUT2D eigenvalue weighted by Crippen LogP contribution is -2.22. The van der Waals surface area contributed by atoms with Gasteiger partial charge < -0.3 is 9.40 Å². The first kappa shape index (κ1) is 13.9. The molecule has 0 saturated carbocycles. The van der Waals surface area contributed by atoms with Crippen molar-refractivity contribution in [2.75, 3.05) is 7.05 Å². The highest BCUT2D eigenvalue weighted by atomic mass is 16.3. The number of aromatic amines is 1. The van der Waals surface area contributed by atoms with Crippen LogP contribution in [0.1, 0.15) is 35.7 Å². The number of hydrogen-bond acceptors (Lipinski definition) is 3. The fourth-order valence-corrected chi connectivity index (χ4v) is 2.56. The van der Waals surface area contributed by atoms with E-state index in [0.29, 0.717) is 0 Å². The van der Waals surface area contributed by atoms with Crippen LogP contribution in [0, 0.1) is 13.8 Å². The summed E-state index contributed by atoms with van der Waals surface area (Å²) in [6.45, 7) is 7.14. The van der Waals surface area contributed by atoms with Crippen molar-refractivity contribution >= 4 is 11.0 Å². The Hall–Kier alpha value is -2.07. The van der Waals surface area contributed by atoms with Crippen molar-refractivity contribution in [1.29, 1.82) is 0 Å². The normalized spacial score (nSPS) is 13.2. The molecule has 3 aromatic rings. The van der Waals surface area contributed by atoms with Gasteiger partial charge in [0, 0.05) is 0 Å². The summed E-state index contributed by atoms with van der Waals surface area (Å²) in [5.74, 6) is 1.96. The zero-order valence-electron chi connectivity index (χ0n) is 13.0. The maximum absolute atomic E-state index is 5.48. The molecule has 0 aliphatic carbocycles. The van der Waals surface area contributed by atoms with E-state index < -0.39 is 0 Å². The second-order valence-electron chi connectivity index (χ2n) is 5.69. The number of imidazole rings is 1. The number of H-pyrrole nitrogens is 1. The molecule has 1 N–H and O–H groups in total. The van der Waals surface area contributed by atoms with Crippen LogP contribution < -0.4 is 0 Å². The number of furan rings is 1. The summed E-state index contributed by atoms with van der Waals surface area (Å²) in [6.07, 6.45) is 1.72. The van der Waals surface area contributed by atoms with Gasteiger partial charge in [-0.05, 0) is 57.1 Å². The van der Waals surface area contributed by atoms with E-state index in [2.05, 4.69) is 49.8 Å². The number of aromatic nitrogens is 2. The molecular weight excluding hydrogens is 262 g/mol. The standard InChI is InChI=1S/C17H21N3O/c1-11-7-8-14-17(12(11)2)19-16(18-14)10-20(4)13(3)15-6-5-9-21-15/h5-9,13H,10H2,1-4H3,(H,18,19)/t13-/m0/s1. The minimum absolute atomic E-state index is 0.219. The van der Waals surface area contributed by atoms with Crippen molar-refractivity contribution in [2.24, 2.45) is 0 Å². The maximum atomic E-state index is 5.48. The molecule has 2 aromatic heterocycles. The first-order valence-electron chi connectivity index (χ1n) is 7.24. The van der Waals surface area contributed by atoms with Gasteiger partial charge in [0.1, 0.15) is 11.6 Å². The molecule has 4 nitrogen and oxygen atoms in total. The highest BCUT2D eigenvalue weighted by molar-refractivity contribution is 5.79. The summed E-state index contributed by atoms with van der Waals surface area (Å²) in [5.41, 5.74) is 4.70. The second-order valence-corrected chi connectivity index (χ2v) is 5.69. The number of hydrogen-bond donors (Lipinski definition) is 1. The van der Waals surface area contributed by atoms with E-state index in [0.717, 1.165) is 29.2 Å². The van der Waals surface area contributed by atoms with E-state index in [1.54, 1.807) is 6.26 Å². The van der Waals surface area contributed by atoms with E-state index in [1.165, 1.54) is 11.1 Å². The van der Waals surface area contributed by atoms with Gasteiger partial charge in [-0.2, -0.15) is 0 Å². The van der Waals surface area contributed by atoms with Crippen molar-refractivity contribution in [3.63, 3.8) is 0 Å². The fraction of sp³-hybridized carbons (Fsp3) is 0.353. The van der Waals surface area contributed by atoms with Gasteiger partial charge in [-0.3, -0.25) is 4.90 Å². The van der Waals surface area contributed by atoms with Gasteiger partial charge in [0.2, 0.25) is 0 Å². The average molecular weight is 283 g/mol. The van der Waals surface area contributed by atoms with Gasteiger partial charge >= 0.3 is 0 Å². The third-order valence-electron chi connectivity index (χ3n) is 4.24. The van der Waals surface area contributed by atoms with Crippen LogP contribution in [0.4, 0.5) is 0 Å². The van der Waals surface area contributed by atoms with Crippen LogP contribution in [0.25, 0.3) is 11.0 Å². The summed E-state index contributed by atoms with van der Waals surface area (Å²) >= 11 is 0. The quantitative estimate of drug-likeness (QED) is 0.788. The van der Waals surface area contributed by atoms with Crippen LogP contribution in [0.15, 0.2) is 34.9 Å². The molecule has 0 fully saturated rings. The van der Waals surface area contributed by atoms with E-state index in [-0.39, 0.29) is 6.04 Å². The molecule has 1 atom stereocenters. The van der Waals surface area contributed by atoms with Gasteiger partial charge in [-0.25, -0.2) is 4.98 Å². The number of fused-ring (bicyclic) bond motifs is 1. The minimum atomic E-state index is 0.219. The van der Waals surface area contributed by atoms with Gasteiger partial charge in [0.05, 0.1) is 29.9 Å². The van der Waals surface area contributed by atoms with Crippen LogP contribution in [-0.4, -0.2) is 21.9 Å². The van der Waals surface area contributed by atoms with Crippen molar-refractivity contribution in [1.82, 2.24) is 14.9 Å². The van der Waals surface area contributed by atoms with Crippen LogP contribution >= 0.6 is 0 Å². The molecule has 0 saturated heterocycles. The Labute approximate surface area is 124 Å². The van der Waals surface area contributed by atoms with Crippen LogP contribution in [-0.2, 0) is 6.54 Å². The molecule has 0 amide bonds. The van der Waals surface area contributed by atoms with E-state index in [1.807, 2.05) is 12.1 Å². The summed E-state index contributed by atoms with van der Waals surface area (Å²) < 4.78 is 5.48. The zero-order valence-corrected chi connectivity index (χ0v) is 13.0. The highest BCUT2D eigenvalue weighted by Crippen LogP contribution is 2.23. The summed E-state index contributed by atoms with van der Waals surface area (Å²) in [5, 5.41) is 0. The number of benzene rings is 1. The van der Waals surface area contributed by atoms with Crippen molar-refractivity contribution in [3.8, 4) is 0 Å². The SMILES string of the molecule is Cc1ccc2[nH]c(CN(C)[C@@H](C)c3ccco3)nc2c1C. The topological polar surface area (TPSA) is 45.1 Å². The number of rotatable bonds is 4. The smallest absolute Gasteiger partial charge is 0.121 e. The Morgan fingerprint density at radius 3 is 2.81 bits per heavy atom. The molecule has 3 rings (SSSR count). The molecule has 4 heteroatoms. The minimum Gasteiger partial charge on any atom is -0.468 e.